The van der Waals surface area contributed by atoms with Crippen LogP contribution < -0.4 is 10.6 Å². The van der Waals surface area contributed by atoms with Crippen molar-refractivity contribution >= 4 is 47.2 Å². The Morgan fingerprint density at radius 1 is 1.57 bits per heavy atom. The molecule has 0 saturated carbocycles. The van der Waals surface area contributed by atoms with E-state index in [-0.39, 0.29) is 35.9 Å². The second-order valence-corrected chi connectivity index (χ2v) is 6.49. The Labute approximate surface area is 159 Å². The molecule has 1 atom stereocenters. The van der Waals surface area contributed by atoms with E-state index in [0.717, 1.165) is 49.1 Å². The number of carbonyl (C=O) groups excluding carboxylic acids is 1. The topological polar surface area (TPSA) is 69.6 Å². The summed E-state index contributed by atoms with van der Waals surface area (Å²) in [5.41, 5.74) is 1.12. The lowest BCUT2D eigenvalue weighted by Gasteiger charge is -2.18. The zero-order valence-electron chi connectivity index (χ0n) is 14.0. The maximum absolute atomic E-state index is 11.7. The number of carbonyl (C=O) groups is 1. The van der Waals surface area contributed by atoms with Gasteiger partial charge in [0.1, 0.15) is 0 Å². The van der Waals surface area contributed by atoms with E-state index in [2.05, 4.69) is 26.0 Å². The summed E-state index contributed by atoms with van der Waals surface area (Å²) in [6.45, 7) is 6.32. The van der Waals surface area contributed by atoms with Crippen LogP contribution in [0.25, 0.3) is 0 Å². The molecular formula is C15H26IN5OS. The molecule has 0 bridgehead atoms. The third kappa shape index (κ3) is 6.25. The van der Waals surface area contributed by atoms with Crippen molar-refractivity contribution in [3.63, 3.8) is 0 Å². The summed E-state index contributed by atoms with van der Waals surface area (Å²) >= 11 is 1.68. The number of nitrogens with one attached hydrogen (secondary N) is 2. The third-order valence-corrected chi connectivity index (χ3v) is 4.57. The van der Waals surface area contributed by atoms with Gasteiger partial charge in [-0.05, 0) is 13.3 Å². The van der Waals surface area contributed by atoms with Gasteiger partial charge in [0.25, 0.3) is 0 Å². The minimum absolute atomic E-state index is 0. The van der Waals surface area contributed by atoms with Gasteiger partial charge >= 0.3 is 0 Å². The quantitative estimate of drug-likeness (QED) is 0.407. The largest absolute Gasteiger partial charge is 0.356 e. The molecule has 0 radical (unpaired) electrons. The smallest absolute Gasteiger partial charge is 0.222 e. The fourth-order valence-electron chi connectivity index (χ4n) is 2.55. The summed E-state index contributed by atoms with van der Waals surface area (Å²) in [4.78, 5) is 22.3. The Morgan fingerprint density at radius 3 is 2.96 bits per heavy atom. The second kappa shape index (κ2) is 10.1. The molecule has 2 rings (SSSR count). The number of guanidine groups is 1. The highest BCUT2D eigenvalue weighted by Crippen LogP contribution is 2.10. The summed E-state index contributed by atoms with van der Waals surface area (Å²) in [6.07, 6.45) is 2.43. The first-order valence-corrected chi connectivity index (χ1v) is 8.66. The van der Waals surface area contributed by atoms with Crippen molar-refractivity contribution in [3.8, 4) is 0 Å². The fraction of sp³-hybridized carbons (Fsp3) is 0.667. The van der Waals surface area contributed by atoms with Crippen LogP contribution in [0.3, 0.4) is 0 Å². The Hall–Kier alpha value is -0.900. The van der Waals surface area contributed by atoms with E-state index in [1.54, 1.807) is 18.4 Å². The van der Waals surface area contributed by atoms with Gasteiger partial charge in [0, 0.05) is 50.9 Å². The van der Waals surface area contributed by atoms with Gasteiger partial charge in [0.15, 0.2) is 5.96 Å². The molecule has 1 aromatic heterocycles. The van der Waals surface area contributed by atoms with Gasteiger partial charge in [-0.15, -0.1) is 35.3 Å². The first kappa shape index (κ1) is 20.1. The Bertz CT molecular complexity index is 534. The molecule has 23 heavy (non-hydrogen) atoms. The van der Waals surface area contributed by atoms with Crippen LogP contribution in [-0.4, -0.2) is 54.5 Å². The van der Waals surface area contributed by atoms with Gasteiger partial charge < -0.3 is 15.5 Å². The Kier molecular flexibility index (Phi) is 8.82. The van der Waals surface area contributed by atoms with E-state index < -0.39 is 0 Å². The molecule has 130 valence electrons. The lowest BCUT2D eigenvalue weighted by Crippen LogP contribution is -2.45. The van der Waals surface area contributed by atoms with Crippen molar-refractivity contribution in [2.45, 2.75) is 39.2 Å². The molecule has 2 heterocycles. The zero-order chi connectivity index (χ0) is 15.9. The number of nitrogens with zero attached hydrogens (tertiary/aromatic N) is 3. The highest BCUT2D eigenvalue weighted by molar-refractivity contribution is 14.0. The number of hydrogen-bond acceptors (Lipinski definition) is 4. The van der Waals surface area contributed by atoms with Crippen LogP contribution in [0.4, 0.5) is 0 Å². The number of hydrogen-bond donors (Lipinski definition) is 2. The molecule has 1 fully saturated rings. The lowest BCUT2D eigenvalue weighted by molar-refractivity contribution is -0.129. The van der Waals surface area contributed by atoms with E-state index in [9.17, 15) is 4.79 Å². The van der Waals surface area contributed by atoms with E-state index in [1.165, 1.54) is 0 Å². The fourth-order valence-corrected chi connectivity index (χ4v) is 3.20. The van der Waals surface area contributed by atoms with Crippen LogP contribution in [0, 0.1) is 6.92 Å². The van der Waals surface area contributed by atoms with Gasteiger partial charge in [0.05, 0.1) is 10.7 Å². The van der Waals surface area contributed by atoms with Crippen LogP contribution in [0.2, 0.25) is 0 Å². The maximum Gasteiger partial charge on any atom is 0.222 e. The molecule has 0 aliphatic carbocycles. The van der Waals surface area contributed by atoms with Gasteiger partial charge in [-0.1, -0.05) is 6.92 Å². The first-order valence-electron chi connectivity index (χ1n) is 7.78. The van der Waals surface area contributed by atoms with Crippen molar-refractivity contribution in [1.29, 1.82) is 0 Å². The van der Waals surface area contributed by atoms with Crippen LogP contribution in [0.5, 0.6) is 0 Å². The number of amides is 1. The van der Waals surface area contributed by atoms with Crippen molar-refractivity contribution in [3.05, 3.63) is 16.1 Å². The summed E-state index contributed by atoms with van der Waals surface area (Å²) in [5, 5.41) is 9.90. The predicted octanol–water partition coefficient (Wildman–Crippen LogP) is 1.79. The molecule has 1 aliphatic rings. The second-order valence-electron chi connectivity index (χ2n) is 5.43. The molecule has 2 N–H and O–H groups in total. The monoisotopic (exact) mass is 451 g/mol. The normalized spacial score (nSPS) is 17.8. The molecule has 1 unspecified atom stereocenters. The summed E-state index contributed by atoms with van der Waals surface area (Å²) in [5.74, 6) is 1.02. The van der Waals surface area contributed by atoms with Crippen LogP contribution >= 0.6 is 35.3 Å². The minimum atomic E-state index is 0. The van der Waals surface area contributed by atoms with Crippen LogP contribution in [-0.2, 0) is 11.2 Å². The lowest BCUT2D eigenvalue weighted by atomic mass is 10.3. The number of aryl methyl sites for hydroxylation is 1. The van der Waals surface area contributed by atoms with Crippen molar-refractivity contribution in [1.82, 2.24) is 20.5 Å². The molecule has 0 aromatic carbocycles. The summed E-state index contributed by atoms with van der Waals surface area (Å²) in [6, 6.07) is 0.281. The third-order valence-electron chi connectivity index (χ3n) is 3.75. The number of likely N-dealkylation sites (tertiary alicyclic amines) is 1. The highest BCUT2D eigenvalue weighted by Gasteiger charge is 2.25. The number of rotatable bonds is 5. The molecule has 1 aliphatic heterocycles. The van der Waals surface area contributed by atoms with Gasteiger partial charge in [0.2, 0.25) is 5.91 Å². The van der Waals surface area contributed by atoms with Gasteiger partial charge in [-0.25, -0.2) is 4.98 Å². The van der Waals surface area contributed by atoms with Gasteiger partial charge in [-0.2, -0.15) is 0 Å². The van der Waals surface area contributed by atoms with Crippen molar-refractivity contribution < 1.29 is 4.79 Å². The molecule has 8 heteroatoms. The molecule has 6 nitrogen and oxygen atoms in total. The Balaban J connectivity index is 0.00000264. The van der Waals surface area contributed by atoms with Crippen molar-refractivity contribution in [2.24, 2.45) is 4.99 Å². The van der Waals surface area contributed by atoms with Crippen molar-refractivity contribution in [2.75, 3.05) is 26.7 Å². The van der Waals surface area contributed by atoms with E-state index >= 15 is 0 Å². The SMILES string of the molecule is CCC(=O)N1CCC(NC(=NC)NCCc2csc(C)n2)C1.I. The minimum Gasteiger partial charge on any atom is -0.356 e. The highest BCUT2D eigenvalue weighted by atomic mass is 127. The summed E-state index contributed by atoms with van der Waals surface area (Å²) < 4.78 is 0. The standard InChI is InChI=1S/C15H25N5OS.HI/c1-4-14(21)20-8-6-12(9-20)19-15(16-3)17-7-5-13-10-22-11(2)18-13;/h10,12H,4-9H2,1-3H3,(H2,16,17,19);1H. The average Bonchev–Trinajstić information content (AvgIpc) is 3.14. The Morgan fingerprint density at radius 2 is 2.35 bits per heavy atom. The van der Waals surface area contributed by atoms with E-state index in [0.29, 0.717) is 6.42 Å². The molecule has 1 saturated heterocycles. The molecule has 1 aromatic rings. The van der Waals surface area contributed by atoms with Crippen LogP contribution in [0.15, 0.2) is 10.4 Å². The maximum atomic E-state index is 11.7. The van der Waals surface area contributed by atoms with E-state index in [4.69, 9.17) is 0 Å². The molecular weight excluding hydrogens is 425 g/mol. The first-order chi connectivity index (χ1) is 10.6. The summed E-state index contributed by atoms with van der Waals surface area (Å²) in [7, 11) is 1.77. The number of thiazole rings is 1. The van der Waals surface area contributed by atoms with Gasteiger partial charge in [-0.3, -0.25) is 9.79 Å². The predicted molar refractivity (Wildman–Crippen MR) is 106 cm³/mol. The molecule has 1 amide bonds. The average molecular weight is 451 g/mol. The zero-order valence-corrected chi connectivity index (χ0v) is 17.1. The number of aromatic nitrogens is 1. The molecule has 0 spiro atoms. The van der Waals surface area contributed by atoms with E-state index in [1.807, 2.05) is 18.7 Å². The number of halogens is 1. The van der Waals surface area contributed by atoms with Crippen LogP contribution in [0.1, 0.15) is 30.5 Å². The number of aliphatic imine (C=N–C) groups is 1.